The lowest BCUT2D eigenvalue weighted by Gasteiger charge is -2.49. The number of ether oxygens (including phenoxy) is 1. The van der Waals surface area contributed by atoms with Crippen LogP contribution in [0.3, 0.4) is 0 Å². The van der Waals surface area contributed by atoms with Crippen molar-refractivity contribution in [2.45, 2.75) is 11.4 Å². The van der Waals surface area contributed by atoms with Gasteiger partial charge < -0.3 is 31.5 Å². The van der Waals surface area contributed by atoms with Crippen LogP contribution in [0.2, 0.25) is 0 Å². The molecule has 1 saturated heterocycles. The van der Waals surface area contributed by atoms with E-state index < -0.39 is 35.3 Å². The molecule has 3 heterocycles. The third-order valence-corrected chi connectivity index (χ3v) is 6.27. The molecule has 0 aliphatic carbocycles. The van der Waals surface area contributed by atoms with E-state index >= 15 is 0 Å². The second-order valence-corrected chi connectivity index (χ2v) is 8.26. The maximum atomic E-state index is 12.7. The Morgan fingerprint density at radius 2 is 2.22 bits per heavy atom. The molecular weight excluding hydrogens is 464 g/mol. The minimum absolute atomic E-state index is 0.144. The molecule has 1 aromatic heterocycles. The molecule has 0 aromatic carbocycles. The van der Waals surface area contributed by atoms with Crippen molar-refractivity contribution in [3.63, 3.8) is 0 Å². The molecule has 2 aliphatic rings. The lowest BCUT2D eigenvalue weighted by atomic mass is 10.0. The summed E-state index contributed by atoms with van der Waals surface area (Å²) >= 11 is 2.37. The number of carbonyl (C=O) groups is 4. The van der Waals surface area contributed by atoms with Crippen molar-refractivity contribution in [1.82, 2.24) is 15.2 Å². The van der Waals surface area contributed by atoms with Crippen molar-refractivity contribution < 1.29 is 33.9 Å². The van der Waals surface area contributed by atoms with E-state index in [-0.39, 0.29) is 34.6 Å². The minimum atomic E-state index is -1.30. The van der Waals surface area contributed by atoms with Crippen molar-refractivity contribution in [2.75, 3.05) is 25.2 Å². The summed E-state index contributed by atoms with van der Waals surface area (Å²) in [6.45, 7) is -0.144. The molecule has 1 aromatic rings. The Morgan fingerprint density at radius 1 is 1.47 bits per heavy atom. The van der Waals surface area contributed by atoms with Crippen LogP contribution in [0.4, 0.5) is 9.93 Å². The number of allylic oxidation sites excluding steroid dienone is 1. The Labute approximate surface area is 189 Å². The van der Waals surface area contributed by atoms with E-state index in [4.69, 9.17) is 16.3 Å². The maximum Gasteiger partial charge on any atom is 0.404 e. The molecule has 2 aliphatic heterocycles. The first-order chi connectivity index (χ1) is 15.2. The zero-order chi connectivity index (χ0) is 23.4. The number of carbonyl (C=O) groups excluding carboxylic acids is 3. The van der Waals surface area contributed by atoms with E-state index in [2.05, 4.69) is 20.2 Å². The zero-order valence-corrected chi connectivity index (χ0v) is 18.1. The van der Waals surface area contributed by atoms with E-state index in [9.17, 15) is 24.3 Å². The molecule has 3 amide bonds. The van der Waals surface area contributed by atoms with Crippen molar-refractivity contribution in [2.24, 2.45) is 10.9 Å². The van der Waals surface area contributed by atoms with Gasteiger partial charge in [0.2, 0.25) is 0 Å². The van der Waals surface area contributed by atoms with E-state index in [1.807, 2.05) is 0 Å². The predicted octanol–water partition coefficient (Wildman–Crippen LogP) is -0.534. The van der Waals surface area contributed by atoms with Crippen molar-refractivity contribution in [1.29, 1.82) is 0 Å². The van der Waals surface area contributed by atoms with Gasteiger partial charge in [-0.2, -0.15) is 0 Å². The number of aromatic nitrogens is 1. The van der Waals surface area contributed by atoms with E-state index in [1.54, 1.807) is 0 Å². The fraction of sp³-hybridized carbons (Fsp3) is 0.294. The smallest absolute Gasteiger partial charge is 0.404 e. The first-order valence-corrected chi connectivity index (χ1v) is 10.8. The normalized spacial score (nSPS) is 20.6. The topological polar surface area (TPSA) is 200 Å². The summed E-state index contributed by atoms with van der Waals surface area (Å²) in [7, 11) is 1.25. The average Bonchev–Trinajstić information content (AvgIpc) is 3.17. The van der Waals surface area contributed by atoms with E-state index in [0.717, 1.165) is 16.2 Å². The summed E-state index contributed by atoms with van der Waals surface area (Å²) in [4.78, 5) is 57.6. The van der Waals surface area contributed by atoms with Gasteiger partial charge in [0, 0.05) is 11.1 Å². The van der Waals surface area contributed by atoms with Gasteiger partial charge >= 0.3 is 12.1 Å². The number of nitrogens with zero attached hydrogens (tertiary/aromatic N) is 3. The number of amides is 3. The SMILES string of the molecule is CO/N=C(\C(=O)NC1C(=O)N2C(C(=O)O)=C(/C=C\COC(N)=O)CSC12)c1csc(N)n1. The Hall–Kier alpha value is -3.59. The van der Waals surface area contributed by atoms with Crippen molar-refractivity contribution in [3.05, 3.63) is 34.5 Å². The quantitative estimate of drug-likeness (QED) is 0.212. The lowest BCUT2D eigenvalue weighted by Crippen LogP contribution is -2.71. The molecule has 1 fully saturated rings. The summed E-state index contributed by atoms with van der Waals surface area (Å²) in [5.41, 5.74) is 10.6. The summed E-state index contributed by atoms with van der Waals surface area (Å²) in [5.74, 6) is -2.37. The Morgan fingerprint density at radius 3 is 2.81 bits per heavy atom. The minimum Gasteiger partial charge on any atom is -0.477 e. The fourth-order valence-electron chi connectivity index (χ4n) is 2.99. The number of thiazole rings is 1. The van der Waals surface area contributed by atoms with Gasteiger partial charge in [-0.05, 0) is 11.6 Å². The van der Waals surface area contributed by atoms with Gasteiger partial charge in [0.15, 0.2) is 10.8 Å². The number of fused-ring (bicyclic) bond motifs is 1. The van der Waals surface area contributed by atoms with Crippen LogP contribution in [-0.4, -0.2) is 75.5 Å². The number of carboxylic acids is 1. The number of primary amides is 1. The molecule has 0 radical (unpaired) electrons. The number of hydrogen-bond acceptors (Lipinski definition) is 11. The van der Waals surface area contributed by atoms with Crippen LogP contribution in [0.5, 0.6) is 0 Å². The molecule has 0 bridgehead atoms. The molecule has 2 atom stereocenters. The molecule has 15 heteroatoms. The Kier molecular flexibility index (Phi) is 6.99. The van der Waals surface area contributed by atoms with E-state index in [1.165, 1.54) is 36.4 Å². The number of oxime groups is 1. The first-order valence-electron chi connectivity index (χ1n) is 8.87. The van der Waals surface area contributed by atoms with E-state index in [0.29, 0.717) is 5.57 Å². The van der Waals surface area contributed by atoms with Crippen LogP contribution < -0.4 is 16.8 Å². The number of nitrogens with two attached hydrogens (primary N) is 2. The molecular formula is C17H18N6O7S2. The number of anilines is 1. The second kappa shape index (κ2) is 9.69. The highest BCUT2D eigenvalue weighted by molar-refractivity contribution is 8.00. The lowest BCUT2D eigenvalue weighted by molar-refractivity contribution is -0.150. The average molecular weight is 483 g/mol. The molecule has 32 heavy (non-hydrogen) atoms. The zero-order valence-electron chi connectivity index (χ0n) is 16.5. The molecule has 13 nitrogen and oxygen atoms in total. The molecule has 0 saturated carbocycles. The van der Waals surface area contributed by atoms with Gasteiger partial charge in [-0.25, -0.2) is 14.6 Å². The van der Waals surface area contributed by atoms with Crippen LogP contribution in [0, 0.1) is 0 Å². The highest BCUT2D eigenvalue weighted by atomic mass is 32.2. The van der Waals surface area contributed by atoms with Crippen molar-refractivity contribution in [3.8, 4) is 0 Å². The van der Waals surface area contributed by atoms with Gasteiger partial charge in [0.1, 0.15) is 36.5 Å². The number of rotatable bonds is 8. The molecule has 3 rings (SSSR count). The molecule has 6 N–H and O–H groups in total. The third-order valence-electron chi connectivity index (χ3n) is 4.29. The highest BCUT2D eigenvalue weighted by Crippen LogP contribution is 2.40. The largest absolute Gasteiger partial charge is 0.477 e. The summed E-state index contributed by atoms with van der Waals surface area (Å²) in [5, 5.41) is 17.0. The Bertz CT molecular complexity index is 1050. The third kappa shape index (κ3) is 4.67. The van der Waals surface area contributed by atoms with Gasteiger partial charge in [0.05, 0.1) is 0 Å². The number of hydrogen-bond donors (Lipinski definition) is 4. The van der Waals surface area contributed by atoms with Gasteiger partial charge in [0.25, 0.3) is 11.8 Å². The number of aliphatic carboxylic acids is 1. The summed E-state index contributed by atoms with van der Waals surface area (Å²) in [6.07, 6.45) is 1.90. The highest BCUT2D eigenvalue weighted by Gasteiger charge is 2.54. The van der Waals surface area contributed by atoms with Crippen LogP contribution in [-0.2, 0) is 24.0 Å². The molecule has 2 unspecified atom stereocenters. The maximum absolute atomic E-state index is 12.7. The Balaban J connectivity index is 1.75. The van der Waals surface area contributed by atoms with Crippen LogP contribution in [0.15, 0.2) is 34.0 Å². The van der Waals surface area contributed by atoms with Crippen LogP contribution in [0.1, 0.15) is 5.69 Å². The fourth-order valence-corrected chi connectivity index (χ4v) is 4.86. The number of carboxylic acid groups (broad SMARTS) is 1. The number of thioether (sulfide) groups is 1. The number of nitrogens with one attached hydrogen (secondary N) is 1. The van der Waals surface area contributed by atoms with Gasteiger partial charge in [-0.1, -0.05) is 11.2 Å². The van der Waals surface area contributed by atoms with Crippen molar-refractivity contribution >= 4 is 57.8 Å². The summed E-state index contributed by atoms with van der Waals surface area (Å²) < 4.78 is 4.57. The van der Waals surface area contributed by atoms with Gasteiger partial charge in [-0.3, -0.25) is 14.5 Å². The van der Waals surface area contributed by atoms with Crippen LogP contribution >= 0.6 is 23.1 Å². The molecule has 0 spiro atoms. The number of nitrogen functional groups attached to an aromatic ring is 1. The summed E-state index contributed by atoms with van der Waals surface area (Å²) in [6, 6.07) is -0.969. The predicted molar refractivity (Wildman–Crippen MR) is 114 cm³/mol. The molecule has 170 valence electrons. The second-order valence-electron chi connectivity index (χ2n) is 6.27. The van der Waals surface area contributed by atoms with Crippen LogP contribution in [0.25, 0.3) is 0 Å². The monoisotopic (exact) mass is 482 g/mol. The first kappa shape index (κ1) is 23.1. The van der Waals surface area contributed by atoms with Gasteiger partial charge in [-0.15, -0.1) is 23.1 Å². The standard InChI is InChI=1S/C17H18N6O7S2/c1-29-22-9(8-6-32-16(18)20-8)12(24)21-10-13(25)23-11(15(26)27)7(5-31-14(10)23)3-2-4-30-17(19)28/h2-3,6,10,14H,4-5H2,1H3,(H2,18,20)(H2,19,28)(H,21,24)(H,26,27)/b3-2-,22-9-. The number of β-lactam (4-membered cyclic amide) rings is 1.